The minimum Gasteiger partial charge on any atom is -0.684 e. The molecule has 3 heteroatoms. The molecule has 0 saturated carbocycles. The highest BCUT2D eigenvalue weighted by Crippen LogP contribution is 2.57. The molecule has 0 N–H and O–H groups in total. The third kappa shape index (κ3) is 2.76. The van der Waals surface area contributed by atoms with E-state index in [1.807, 2.05) is 25.2 Å². The van der Waals surface area contributed by atoms with Crippen LogP contribution in [0.4, 0.5) is 5.69 Å². The van der Waals surface area contributed by atoms with E-state index in [0.29, 0.717) is 0 Å². The van der Waals surface area contributed by atoms with E-state index in [0.717, 1.165) is 11.0 Å². The van der Waals surface area contributed by atoms with Crippen molar-refractivity contribution in [3.05, 3.63) is 90.2 Å². The lowest BCUT2D eigenvalue weighted by atomic mass is 10.3. The highest BCUT2D eigenvalue weighted by atomic mass is 31.2. The second kappa shape index (κ2) is 6.95. The van der Waals surface area contributed by atoms with Crippen LogP contribution < -0.4 is 15.9 Å². The van der Waals surface area contributed by atoms with Crippen molar-refractivity contribution in [1.82, 2.24) is 0 Å². The Hall–Kier alpha value is -2.15. The molecule has 0 spiro atoms. The van der Waals surface area contributed by atoms with Gasteiger partial charge in [-0.3, -0.25) is 0 Å². The molecule has 0 heterocycles. The summed E-state index contributed by atoms with van der Waals surface area (Å²) in [6.45, 7) is 0. The van der Waals surface area contributed by atoms with Gasteiger partial charge in [0.1, 0.15) is 15.9 Å². The van der Waals surface area contributed by atoms with E-state index in [9.17, 15) is 0 Å². The van der Waals surface area contributed by atoms with Gasteiger partial charge in [0, 0.05) is 0 Å². The molecule has 0 fully saturated rings. The second-order valence-electron chi connectivity index (χ2n) is 5.18. The molecule has 0 aliphatic rings. The molecule has 23 heavy (non-hydrogen) atoms. The normalized spacial score (nSPS) is 11.2. The Morgan fingerprint density at radius 3 is 1.65 bits per heavy atom. The Morgan fingerprint density at radius 2 is 1.17 bits per heavy atom. The molecular weight excluding hydrogens is 301 g/mol. The van der Waals surface area contributed by atoms with Gasteiger partial charge in [-0.05, 0) is 30.3 Å². The van der Waals surface area contributed by atoms with Gasteiger partial charge >= 0.3 is 0 Å². The van der Waals surface area contributed by atoms with Crippen LogP contribution in [0.3, 0.4) is 0 Å². The van der Waals surface area contributed by atoms with Crippen LogP contribution in [-0.2, 0) is 4.52 Å². The summed E-state index contributed by atoms with van der Waals surface area (Å²) in [6, 6.07) is 29.2. The van der Waals surface area contributed by atoms with Crippen molar-refractivity contribution in [2.75, 3.05) is 14.2 Å². The smallest absolute Gasteiger partial charge is 0.240 e. The quantitative estimate of drug-likeness (QED) is 0.647. The van der Waals surface area contributed by atoms with Crippen molar-refractivity contribution >= 4 is 29.1 Å². The predicted molar refractivity (Wildman–Crippen MR) is 101 cm³/mol. The summed E-state index contributed by atoms with van der Waals surface area (Å²) in [5.74, 6) is 0. The number of nitrogens with zero attached hydrogens (tertiary/aromatic N) is 1. The number of para-hydroxylation sites is 1. The molecule has 0 radical (unpaired) electrons. The van der Waals surface area contributed by atoms with Gasteiger partial charge in [0.25, 0.3) is 0 Å². The molecule has 0 bridgehead atoms. The van der Waals surface area contributed by atoms with Crippen molar-refractivity contribution in [2.24, 2.45) is 0 Å². The van der Waals surface area contributed by atoms with E-state index in [2.05, 4.69) is 72.0 Å². The molecule has 0 amide bonds. The number of benzene rings is 3. The number of hydrogen-bond acceptors (Lipinski definition) is 1. The van der Waals surface area contributed by atoms with Gasteiger partial charge in [-0.15, -0.1) is 7.05 Å². The Labute approximate surface area is 138 Å². The fourth-order valence-corrected chi connectivity index (χ4v) is 6.38. The lowest BCUT2D eigenvalue weighted by Crippen LogP contribution is -2.32. The van der Waals surface area contributed by atoms with E-state index in [1.54, 1.807) is 7.11 Å². The lowest BCUT2D eigenvalue weighted by Gasteiger charge is -2.29. The molecule has 0 aliphatic heterocycles. The predicted octanol–water partition coefficient (Wildman–Crippen LogP) is 4.18. The number of hydrogen-bond donors (Lipinski definition) is 0. The van der Waals surface area contributed by atoms with E-state index in [-0.39, 0.29) is 0 Å². The first-order valence-corrected chi connectivity index (χ1v) is 9.29. The van der Waals surface area contributed by atoms with Crippen LogP contribution in [0.5, 0.6) is 0 Å². The summed E-state index contributed by atoms with van der Waals surface area (Å²) in [5.41, 5.74) is 0.982. The average molecular weight is 321 g/mol. The zero-order chi connectivity index (χ0) is 16.1. The standard InChI is InChI=1S/C20H20NOP/c1-21-19-15-9-10-16-20(19)23(22-2,17-11-5-3-6-12-17)18-13-7-4-8-14-18/h3-16H,1-2H3. The molecule has 0 atom stereocenters. The van der Waals surface area contributed by atoms with E-state index >= 15 is 0 Å². The molecule has 3 rings (SSSR count). The van der Waals surface area contributed by atoms with Gasteiger partial charge in [0.2, 0.25) is 7.49 Å². The van der Waals surface area contributed by atoms with Gasteiger partial charge in [-0.2, -0.15) is 0 Å². The minimum atomic E-state index is -2.18. The SMILES string of the molecule is C[N-]c1ccccc1[P+](OC)(c1ccccc1)c1ccccc1. The molecule has 3 aromatic carbocycles. The van der Waals surface area contributed by atoms with Crippen molar-refractivity contribution in [3.63, 3.8) is 0 Å². The van der Waals surface area contributed by atoms with Crippen molar-refractivity contribution in [3.8, 4) is 0 Å². The number of rotatable bonds is 5. The fraction of sp³-hybridized carbons (Fsp3) is 0.100. The van der Waals surface area contributed by atoms with Crippen LogP contribution in [0.25, 0.3) is 5.32 Å². The lowest BCUT2D eigenvalue weighted by molar-refractivity contribution is 0.466. The van der Waals surface area contributed by atoms with Gasteiger partial charge in [0.05, 0.1) is 7.11 Å². The fourth-order valence-electron chi connectivity index (χ4n) is 2.93. The van der Waals surface area contributed by atoms with Crippen molar-refractivity contribution in [2.45, 2.75) is 0 Å². The van der Waals surface area contributed by atoms with Gasteiger partial charge in [0.15, 0.2) is 0 Å². The third-order valence-corrected chi connectivity index (χ3v) is 7.63. The van der Waals surface area contributed by atoms with Crippen molar-refractivity contribution in [1.29, 1.82) is 0 Å². The molecule has 116 valence electrons. The molecule has 2 nitrogen and oxygen atoms in total. The second-order valence-corrected chi connectivity index (χ2v) is 8.27. The van der Waals surface area contributed by atoms with Gasteiger partial charge in [-0.25, -0.2) is 4.52 Å². The third-order valence-electron chi connectivity index (χ3n) is 3.98. The zero-order valence-corrected chi connectivity index (χ0v) is 14.3. The zero-order valence-electron chi connectivity index (χ0n) is 13.4. The topological polar surface area (TPSA) is 23.3 Å². The largest absolute Gasteiger partial charge is 0.684 e. The van der Waals surface area contributed by atoms with Crippen molar-refractivity contribution < 1.29 is 4.52 Å². The Balaban J connectivity index is 2.34. The first-order valence-electron chi connectivity index (χ1n) is 7.58. The summed E-state index contributed by atoms with van der Waals surface area (Å²) in [4.78, 5) is 0. The maximum atomic E-state index is 6.29. The molecule has 0 saturated heterocycles. The first kappa shape index (κ1) is 15.7. The average Bonchev–Trinajstić information content (AvgIpc) is 2.65. The van der Waals surface area contributed by atoms with E-state index in [4.69, 9.17) is 4.52 Å². The van der Waals surface area contributed by atoms with Crippen LogP contribution in [0, 0.1) is 0 Å². The first-order chi connectivity index (χ1) is 11.3. The van der Waals surface area contributed by atoms with Crippen LogP contribution >= 0.6 is 7.49 Å². The molecular formula is C20H20NOP. The Kier molecular flexibility index (Phi) is 4.76. The maximum Gasteiger partial charge on any atom is 0.240 e. The molecule has 3 aromatic rings. The van der Waals surface area contributed by atoms with E-state index < -0.39 is 7.49 Å². The highest BCUT2D eigenvalue weighted by molar-refractivity contribution is 7.92. The minimum absolute atomic E-state index is 0.982. The summed E-state index contributed by atoms with van der Waals surface area (Å²) in [7, 11) is 1.46. The Bertz CT molecular complexity index is 719. The van der Waals surface area contributed by atoms with Crippen LogP contribution in [0.1, 0.15) is 0 Å². The summed E-state index contributed by atoms with van der Waals surface area (Å²) < 4.78 is 6.29. The maximum absolute atomic E-state index is 6.29. The molecule has 0 aliphatic carbocycles. The van der Waals surface area contributed by atoms with E-state index in [1.165, 1.54) is 10.6 Å². The van der Waals surface area contributed by atoms with Crippen LogP contribution in [0.2, 0.25) is 0 Å². The molecule has 0 unspecified atom stereocenters. The monoisotopic (exact) mass is 321 g/mol. The summed E-state index contributed by atoms with van der Waals surface area (Å²) in [5, 5.41) is 8.04. The van der Waals surface area contributed by atoms with Gasteiger partial charge in [-0.1, -0.05) is 60.3 Å². The van der Waals surface area contributed by atoms with Crippen LogP contribution in [-0.4, -0.2) is 14.2 Å². The summed E-state index contributed by atoms with van der Waals surface area (Å²) in [6.07, 6.45) is 0. The van der Waals surface area contributed by atoms with Gasteiger partial charge < -0.3 is 5.32 Å². The Morgan fingerprint density at radius 1 is 0.696 bits per heavy atom. The molecule has 0 aromatic heterocycles. The highest BCUT2D eigenvalue weighted by Gasteiger charge is 2.47. The summed E-state index contributed by atoms with van der Waals surface area (Å²) >= 11 is 0. The van der Waals surface area contributed by atoms with Crippen LogP contribution in [0.15, 0.2) is 84.9 Å².